The summed E-state index contributed by atoms with van der Waals surface area (Å²) < 4.78 is 5.71. The van der Waals surface area contributed by atoms with Crippen molar-refractivity contribution in [1.82, 2.24) is 10.6 Å². The van der Waals surface area contributed by atoms with Gasteiger partial charge in [-0.15, -0.1) is 0 Å². The van der Waals surface area contributed by atoms with Gasteiger partial charge in [0.25, 0.3) is 0 Å². The first-order chi connectivity index (χ1) is 11.5. The Labute approximate surface area is 143 Å². The Kier molecular flexibility index (Phi) is 11.9. The maximum absolute atomic E-state index is 11.0. The summed E-state index contributed by atoms with van der Waals surface area (Å²) in [6.45, 7) is 3.41. The van der Waals surface area contributed by atoms with Crippen LogP contribution in [0.1, 0.15) is 18.9 Å². The zero-order chi connectivity index (χ0) is 18.4. The second kappa shape index (κ2) is 13.1. The van der Waals surface area contributed by atoms with Crippen LogP contribution in [0, 0.1) is 0 Å². The number of urea groups is 1. The number of ether oxygens (including phenoxy) is 1. The van der Waals surface area contributed by atoms with Gasteiger partial charge in [0, 0.05) is 13.5 Å². The molecule has 1 aromatic carbocycles. The van der Waals surface area contributed by atoms with E-state index in [-0.39, 0.29) is 5.91 Å². The fraction of sp³-hybridized carbons (Fsp3) is 0.500. The third-order valence-corrected chi connectivity index (χ3v) is 2.92. The number of hydrogen-bond acceptors (Lipinski definition) is 5. The molecule has 0 fully saturated rings. The molecule has 7 N–H and O–H groups in total. The first-order valence-electron chi connectivity index (χ1n) is 7.82. The number of primary amides is 1. The van der Waals surface area contributed by atoms with Gasteiger partial charge in [-0.1, -0.05) is 6.07 Å². The van der Waals surface area contributed by atoms with Crippen LogP contribution in [0.2, 0.25) is 0 Å². The predicted octanol–water partition coefficient (Wildman–Crippen LogP) is 0.419. The quantitative estimate of drug-likeness (QED) is 0.416. The number of carbonyl (C=O) groups excluding carboxylic acids is 2. The van der Waals surface area contributed by atoms with E-state index in [0.717, 1.165) is 18.5 Å². The summed E-state index contributed by atoms with van der Waals surface area (Å²) in [7, 11) is 3.38. The first kappa shape index (κ1) is 21.7. The Hall–Kier alpha value is -2.32. The van der Waals surface area contributed by atoms with Crippen molar-refractivity contribution in [2.75, 3.05) is 39.1 Å². The highest BCUT2D eigenvalue weighted by Crippen LogP contribution is 2.26. The monoisotopic (exact) mass is 339 g/mol. The highest BCUT2D eigenvalue weighted by Gasteiger charge is 2.07. The van der Waals surface area contributed by atoms with Gasteiger partial charge in [0.15, 0.2) is 0 Å². The second-order valence-electron chi connectivity index (χ2n) is 4.86. The van der Waals surface area contributed by atoms with Gasteiger partial charge in [0.1, 0.15) is 5.75 Å². The van der Waals surface area contributed by atoms with Gasteiger partial charge in [-0.3, -0.25) is 4.79 Å². The van der Waals surface area contributed by atoms with Crippen molar-refractivity contribution in [3.8, 4) is 5.75 Å². The largest absolute Gasteiger partial charge is 0.491 e. The van der Waals surface area contributed by atoms with Crippen molar-refractivity contribution >= 4 is 17.6 Å². The van der Waals surface area contributed by atoms with Crippen LogP contribution in [-0.4, -0.2) is 45.7 Å². The molecule has 8 nitrogen and oxygen atoms in total. The molecular formula is C16H29N5O3. The minimum absolute atomic E-state index is 0.0597. The van der Waals surface area contributed by atoms with Gasteiger partial charge >= 0.3 is 6.03 Å². The summed E-state index contributed by atoms with van der Waals surface area (Å²) in [6, 6.07) is 4.84. The van der Waals surface area contributed by atoms with E-state index >= 15 is 0 Å². The maximum Gasteiger partial charge on any atom is 0.316 e. The molecule has 0 atom stereocenters. The lowest BCUT2D eigenvalue weighted by atomic mass is 10.1. The van der Waals surface area contributed by atoms with Crippen molar-refractivity contribution in [2.45, 2.75) is 19.8 Å². The number of benzene rings is 1. The molecule has 24 heavy (non-hydrogen) atoms. The fourth-order valence-electron chi connectivity index (χ4n) is 1.89. The average molecular weight is 339 g/mol. The van der Waals surface area contributed by atoms with Crippen LogP contribution in [0.15, 0.2) is 18.2 Å². The molecule has 0 aromatic heterocycles. The van der Waals surface area contributed by atoms with Crippen LogP contribution in [0.5, 0.6) is 5.75 Å². The molecule has 3 amide bonds. The van der Waals surface area contributed by atoms with Crippen LogP contribution >= 0.6 is 0 Å². The number of carbonyl (C=O) groups is 2. The van der Waals surface area contributed by atoms with E-state index in [2.05, 4.69) is 21.7 Å². The normalized spacial score (nSPS) is 9.50. The fourth-order valence-corrected chi connectivity index (χ4v) is 1.89. The molecule has 0 unspecified atom stereocenters. The maximum atomic E-state index is 11.0. The lowest BCUT2D eigenvalue weighted by molar-refractivity contribution is -0.118. The SMILES string of the molecule is CN.CNCCCOc1cc(CCNC(C)=O)ccc1NC(N)=O. The Morgan fingerprint density at radius 1 is 1.21 bits per heavy atom. The number of amides is 3. The molecule has 0 saturated carbocycles. The molecule has 0 aliphatic heterocycles. The smallest absolute Gasteiger partial charge is 0.316 e. The Bertz CT molecular complexity index is 508. The minimum atomic E-state index is -0.633. The number of anilines is 1. The molecule has 0 spiro atoms. The summed E-state index contributed by atoms with van der Waals surface area (Å²) in [6.07, 6.45) is 1.53. The van der Waals surface area contributed by atoms with Crippen LogP contribution < -0.4 is 32.2 Å². The number of rotatable bonds is 9. The Balaban J connectivity index is 0.00000254. The van der Waals surface area contributed by atoms with E-state index < -0.39 is 6.03 Å². The lowest BCUT2D eigenvalue weighted by Crippen LogP contribution is -2.22. The van der Waals surface area contributed by atoms with E-state index in [1.807, 2.05) is 19.2 Å². The minimum Gasteiger partial charge on any atom is -0.491 e. The van der Waals surface area contributed by atoms with Gasteiger partial charge in [-0.25, -0.2) is 4.79 Å². The summed E-state index contributed by atoms with van der Waals surface area (Å²) in [5.41, 5.74) is 11.2. The summed E-state index contributed by atoms with van der Waals surface area (Å²) in [5, 5.41) is 8.33. The second-order valence-corrected chi connectivity index (χ2v) is 4.86. The molecule has 0 heterocycles. The van der Waals surface area contributed by atoms with E-state index in [1.165, 1.54) is 14.0 Å². The molecule has 0 saturated heterocycles. The summed E-state index contributed by atoms with van der Waals surface area (Å²) >= 11 is 0. The van der Waals surface area contributed by atoms with E-state index in [9.17, 15) is 9.59 Å². The summed E-state index contributed by atoms with van der Waals surface area (Å²) in [5.74, 6) is 0.519. The molecule has 0 aliphatic carbocycles. The number of hydrogen-bond donors (Lipinski definition) is 5. The van der Waals surface area contributed by atoms with Crippen LogP contribution in [0.3, 0.4) is 0 Å². The zero-order valence-corrected chi connectivity index (χ0v) is 14.6. The topological polar surface area (TPSA) is 132 Å². The van der Waals surface area contributed by atoms with Crippen LogP contribution in [0.4, 0.5) is 10.5 Å². The molecular weight excluding hydrogens is 310 g/mol. The van der Waals surface area contributed by atoms with Gasteiger partial charge in [0.05, 0.1) is 12.3 Å². The van der Waals surface area contributed by atoms with Crippen molar-refractivity contribution in [2.24, 2.45) is 11.5 Å². The number of nitrogens with one attached hydrogen (secondary N) is 3. The highest BCUT2D eigenvalue weighted by molar-refractivity contribution is 5.89. The van der Waals surface area contributed by atoms with Crippen LogP contribution in [0.25, 0.3) is 0 Å². The Morgan fingerprint density at radius 3 is 2.50 bits per heavy atom. The third kappa shape index (κ3) is 9.65. The van der Waals surface area contributed by atoms with Crippen molar-refractivity contribution in [1.29, 1.82) is 0 Å². The average Bonchev–Trinajstić information content (AvgIpc) is 2.55. The van der Waals surface area contributed by atoms with Crippen molar-refractivity contribution < 1.29 is 14.3 Å². The van der Waals surface area contributed by atoms with Crippen molar-refractivity contribution in [3.63, 3.8) is 0 Å². The Morgan fingerprint density at radius 2 is 1.92 bits per heavy atom. The highest BCUT2D eigenvalue weighted by atomic mass is 16.5. The third-order valence-electron chi connectivity index (χ3n) is 2.92. The van der Waals surface area contributed by atoms with Gasteiger partial charge in [0.2, 0.25) is 5.91 Å². The first-order valence-corrected chi connectivity index (χ1v) is 7.82. The lowest BCUT2D eigenvalue weighted by Gasteiger charge is -2.13. The molecule has 1 aromatic rings. The van der Waals surface area contributed by atoms with Crippen molar-refractivity contribution in [3.05, 3.63) is 23.8 Å². The van der Waals surface area contributed by atoms with E-state index in [4.69, 9.17) is 10.5 Å². The molecule has 8 heteroatoms. The standard InChI is InChI=1S/C15H24N4O3.CH5N/c1-11(20)18-8-6-12-4-5-13(19-15(16)21)14(10-12)22-9-3-7-17-2;1-2/h4-5,10,17H,3,6-9H2,1-2H3,(H,18,20)(H3,16,19,21);2H2,1H3. The van der Waals surface area contributed by atoms with Gasteiger partial charge in [-0.2, -0.15) is 0 Å². The molecule has 0 radical (unpaired) electrons. The molecule has 136 valence electrons. The zero-order valence-electron chi connectivity index (χ0n) is 14.6. The number of nitrogens with two attached hydrogens (primary N) is 2. The predicted molar refractivity (Wildman–Crippen MR) is 96.2 cm³/mol. The molecule has 0 aliphatic rings. The van der Waals surface area contributed by atoms with Gasteiger partial charge < -0.3 is 32.2 Å². The van der Waals surface area contributed by atoms with Gasteiger partial charge in [-0.05, 0) is 51.2 Å². The van der Waals surface area contributed by atoms with Crippen LogP contribution in [-0.2, 0) is 11.2 Å². The van der Waals surface area contributed by atoms with E-state index in [1.54, 1.807) is 6.07 Å². The van der Waals surface area contributed by atoms with E-state index in [0.29, 0.717) is 31.0 Å². The molecule has 0 bridgehead atoms. The summed E-state index contributed by atoms with van der Waals surface area (Å²) in [4.78, 5) is 21.9. The molecule has 1 rings (SSSR count).